The highest BCUT2D eigenvalue weighted by Crippen LogP contribution is 2.18. The Bertz CT molecular complexity index is 634. The Morgan fingerprint density at radius 1 is 0.857 bits per heavy atom. The van der Waals surface area contributed by atoms with Crippen LogP contribution in [0.25, 0.3) is 0 Å². The Kier molecular flexibility index (Phi) is 4.57. The summed E-state index contributed by atoms with van der Waals surface area (Å²) in [6.07, 6.45) is 0. The molecule has 0 heterocycles. The Morgan fingerprint density at radius 2 is 1.48 bits per heavy atom. The van der Waals surface area contributed by atoms with Crippen molar-refractivity contribution in [1.29, 1.82) is 0 Å². The molecule has 112 valence electrons. The second-order valence-electron chi connectivity index (χ2n) is 4.65. The van der Waals surface area contributed by atoms with Gasteiger partial charge in [-0.2, -0.15) is 0 Å². The van der Waals surface area contributed by atoms with Crippen molar-refractivity contribution in [1.82, 2.24) is 5.32 Å². The monoisotopic (exact) mass is 301 g/mol. The van der Waals surface area contributed by atoms with Crippen LogP contribution in [-0.4, -0.2) is 0 Å². The van der Waals surface area contributed by atoms with E-state index in [0.29, 0.717) is 5.56 Å². The van der Waals surface area contributed by atoms with Gasteiger partial charge in [0.05, 0.1) is 0 Å². The Balaban J connectivity index is 2.07. The van der Waals surface area contributed by atoms with Crippen molar-refractivity contribution < 1.29 is 22.0 Å². The Hall–Kier alpha value is -1.95. The van der Waals surface area contributed by atoms with Gasteiger partial charge in [-0.05, 0) is 42.3 Å². The van der Waals surface area contributed by atoms with Gasteiger partial charge in [-0.3, -0.25) is 0 Å². The van der Waals surface area contributed by atoms with Gasteiger partial charge in [0.2, 0.25) is 0 Å². The van der Waals surface area contributed by atoms with Crippen LogP contribution in [-0.2, 0) is 6.54 Å². The Labute approximate surface area is 118 Å². The molecule has 0 amide bonds. The molecule has 1 atom stereocenters. The molecular formula is C15H12F5N. The van der Waals surface area contributed by atoms with Crippen molar-refractivity contribution in [2.24, 2.45) is 0 Å². The second kappa shape index (κ2) is 6.22. The molecule has 0 aliphatic heterocycles. The summed E-state index contributed by atoms with van der Waals surface area (Å²) in [5.74, 6) is -5.99. The molecule has 0 bridgehead atoms. The quantitative estimate of drug-likeness (QED) is 0.658. The molecule has 0 fully saturated rings. The maximum Gasteiger partial charge on any atom is 0.194 e. The minimum absolute atomic E-state index is 0.0499. The fourth-order valence-electron chi connectivity index (χ4n) is 1.88. The first kappa shape index (κ1) is 15.4. The topological polar surface area (TPSA) is 12.0 Å². The number of halogens is 5. The van der Waals surface area contributed by atoms with Crippen LogP contribution in [0, 0.1) is 29.1 Å². The fourth-order valence-corrected chi connectivity index (χ4v) is 1.88. The van der Waals surface area contributed by atoms with Crippen molar-refractivity contribution in [2.45, 2.75) is 19.5 Å². The van der Waals surface area contributed by atoms with Crippen LogP contribution >= 0.6 is 0 Å². The van der Waals surface area contributed by atoms with E-state index < -0.39 is 29.1 Å². The van der Waals surface area contributed by atoms with Crippen molar-refractivity contribution >= 4 is 0 Å². The summed E-state index contributed by atoms with van der Waals surface area (Å²) in [5, 5.41) is 2.89. The number of nitrogens with one attached hydrogen (secondary N) is 1. The summed E-state index contributed by atoms with van der Waals surface area (Å²) in [5.41, 5.74) is 0.692. The van der Waals surface area contributed by atoms with Gasteiger partial charge in [0.1, 0.15) is 0 Å². The molecule has 1 N–H and O–H groups in total. The van der Waals surface area contributed by atoms with Crippen molar-refractivity contribution in [3.8, 4) is 0 Å². The summed E-state index contributed by atoms with van der Waals surface area (Å²) in [6.45, 7) is 1.73. The van der Waals surface area contributed by atoms with Gasteiger partial charge in [0.25, 0.3) is 0 Å². The zero-order valence-corrected chi connectivity index (χ0v) is 11.1. The van der Waals surface area contributed by atoms with E-state index in [4.69, 9.17) is 0 Å². The minimum Gasteiger partial charge on any atom is -0.306 e. The van der Waals surface area contributed by atoms with Crippen molar-refractivity contribution in [2.75, 3.05) is 0 Å². The highest BCUT2D eigenvalue weighted by atomic mass is 19.2. The molecule has 2 aromatic rings. The lowest BCUT2D eigenvalue weighted by molar-refractivity contribution is 0.443. The molecular weight excluding hydrogens is 289 g/mol. The Morgan fingerprint density at radius 3 is 2.05 bits per heavy atom. The van der Waals surface area contributed by atoms with Gasteiger partial charge in [0, 0.05) is 12.6 Å². The van der Waals surface area contributed by atoms with Crippen LogP contribution in [0.1, 0.15) is 24.1 Å². The molecule has 1 nitrogen and oxygen atoms in total. The molecule has 2 rings (SSSR count). The van der Waals surface area contributed by atoms with Gasteiger partial charge in [-0.25, -0.2) is 22.0 Å². The molecule has 0 saturated carbocycles. The third-order valence-electron chi connectivity index (χ3n) is 3.10. The van der Waals surface area contributed by atoms with Gasteiger partial charge in [-0.15, -0.1) is 0 Å². The van der Waals surface area contributed by atoms with Crippen LogP contribution in [0.15, 0.2) is 30.3 Å². The van der Waals surface area contributed by atoms with E-state index in [1.54, 1.807) is 6.92 Å². The normalized spacial score (nSPS) is 12.5. The third kappa shape index (κ3) is 3.58. The van der Waals surface area contributed by atoms with E-state index in [1.165, 1.54) is 6.07 Å². The van der Waals surface area contributed by atoms with E-state index in [0.717, 1.165) is 24.3 Å². The average molecular weight is 301 g/mol. The molecule has 6 heteroatoms. The maximum absolute atomic E-state index is 13.1. The second-order valence-corrected chi connectivity index (χ2v) is 4.65. The average Bonchev–Trinajstić information content (AvgIpc) is 2.44. The van der Waals surface area contributed by atoms with Crippen molar-refractivity contribution in [3.05, 3.63) is 70.5 Å². The largest absolute Gasteiger partial charge is 0.306 e. The molecule has 1 unspecified atom stereocenters. The zero-order chi connectivity index (χ0) is 15.6. The van der Waals surface area contributed by atoms with E-state index in [2.05, 4.69) is 5.32 Å². The molecule has 21 heavy (non-hydrogen) atoms. The molecule has 0 radical (unpaired) electrons. The predicted octanol–water partition coefficient (Wildman–Crippen LogP) is 4.23. The summed E-state index contributed by atoms with van der Waals surface area (Å²) < 4.78 is 64.8. The van der Waals surface area contributed by atoms with E-state index in [-0.39, 0.29) is 18.2 Å². The van der Waals surface area contributed by atoms with E-state index >= 15 is 0 Å². The lowest BCUT2D eigenvalue weighted by Gasteiger charge is -2.15. The molecule has 0 aromatic heterocycles. The van der Waals surface area contributed by atoms with Crippen LogP contribution < -0.4 is 5.32 Å². The van der Waals surface area contributed by atoms with Gasteiger partial charge in [0.15, 0.2) is 29.1 Å². The lowest BCUT2D eigenvalue weighted by atomic mass is 10.1. The predicted molar refractivity (Wildman–Crippen MR) is 67.9 cm³/mol. The summed E-state index contributed by atoms with van der Waals surface area (Å²) in [6, 6.07) is 4.82. The van der Waals surface area contributed by atoms with Crippen LogP contribution in [0.3, 0.4) is 0 Å². The highest BCUT2D eigenvalue weighted by molar-refractivity contribution is 5.22. The van der Waals surface area contributed by atoms with Gasteiger partial charge in [-0.1, -0.05) is 6.07 Å². The standard InChI is InChI=1S/C15H12F5N/c1-8(10-2-3-11(16)12(17)6-10)21-7-9-4-13(18)15(20)14(19)5-9/h2-6,8,21H,7H2,1H3. The number of rotatable bonds is 4. The summed E-state index contributed by atoms with van der Waals surface area (Å²) >= 11 is 0. The number of hydrogen-bond donors (Lipinski definition) is 1. The molecule has 0 saturated heterocycles. The summed E-state index contributed by atoms with van der Waals surface area (Å²) in [4.78, 5) is 0. The minimum atomic E-state index is -1.52. The molecule has 0 aliphatic rings. The maximum atomic E-state index is 13.1. The molecule has 2 aromatic carbocycles. The first-order valence-corrected chi connectivity index (χ1v) is 6.20. The number of benzene rings is 2. The smallest absolute Gasteiger partial charge is 0.194 e. The van der Waals surface area contributed by atoms with Crippen LogP contribution in [0.2, 0.25) is 0 Å². The first-order valence-electron chi connectivity index (χ1n) is 6.20. The summed E-state index contributed by atoms with van der Waals surface area (Å²) in [7, 11) is 0. The van der Waals surface area contributed by atoms with Crippen molar-refractivity contribution in [3.63, 3.8) is 0 Å². The highest BCUT2D eigenvalue weighted by Gasteiger charge is 2.12. The van der Waals surface area contributed by atoms with Gasteiger partial charge < -0.3 is 5.32 Å². The lowest BCUT2D eigenvalue weighted by Crippen LogP contribution is -2.18. The van der Waals surface area contributed by atoms with Crippen LogP contribution in [0.5, 0.6) is 0 Å². The number of hydrogen-bond acceptors (Lipinski definition) is 1. The van der Waals surface area contributed by atoms with E-state index in [9.17, 15) is 22.0 Å². The van der Waals surface area contributed by atoms with E-state index in [1.807, 2.05) is 0 Å². The fraction of sp³-hybridized carbons (Fsp3) is 0.200. The molecule has 0 aliphatic carbocycles. The first-order chi connectivity index (χ1) is 9.88. The van der Waals surface area contributed by atoms with Gasteiger partial charge >= 0.3 is 0 Å². The third-order valence-corrected chi connectivity index (χ3v) is 3.10. The SMILES string of the molecule is CC(NCc1cc(F)c(F)c(F)c1)c1ccc(F)c(F)c1. The molecule has 0 spiro atoms. The van der Waals surface area contributed by atoms with Crippen LogP contribution in [0.4, 0.5) is 22.0 Å². The zero-order valence-electron chi connectivity index (χ0n) is 11.1.